The molecule has 2 N–H and O–H groups in total. The molecule has 0 bridgehead atoms. The van der Waals surface area contributed by atoms with Crippen LogP contribution in [-0.4, -0.2) is 51.0 Å². The largest absolute Gasteiger partial charge is 0.356 e. The van der Waals surface area contributed by atoms with Crippen molar-refractivity contribution in [2.45, 2.75) is 25.7 Å². The Morgan fingerprint density at radius 1 is 1.10 bits per heavy atom. The average Bonchev–Trinajstić information content (AvgIpc) is 2.70. The van der Waals surface area contributed by atoms with E-state index >= 15 is 0 Å². The van der Waals surface area contributed by atoms with Crippen LogP contribution in [0, 0.1) is 0 Å². The van der Waals surface area contributed by atoms with Crippen molar-refractivity contribution in [3.05, 3.63) is 70.2 Å². The predicted octanol–water partition coefficient (Wildman–Crippen LogP) is 3.73. The van der Waals surface area contributed by atoms with Gasteiger partial charge in [-0.25, -0.2) is 0 Å². The van der Waals surface area contributed by atoms with Gasteiger partial charge >= 0.3 is 0 Å². The fourth-order valence-corrected chi connectivity index (χ4v) is 3.10. The summed E-state index contributed by atoms with van der Waals surface area (Å²) in [6.45, 7) is 5.83. The smallest absolute Gasteiger partial charge is 0.253 e. The maximum absolute atomic E-state index is 12.1. The first-order valence-electron chi connectivity index (χ1n) is 9.74. The molecule has 0 aliphatic carbocycles. The molecule has 0 saturated heterocycles. The van der Waals surface area contributed by atoms with E-state index in [1.54, 1.807) is 26.0 Å². The second-order valence-corrected chi connectivity index (χ2v) is 8.33. The Hall–Kier alpha value is -2.53. The Bertz CT molecular complexity index is 844. The summed E-state index contributed by atoms with van der Waals surface area (Å²) in [7, 11) is 5.29. The molecule has 0 radical (unpaired) electrons. The van der Waals surface area contributed by atoms with Crippen molar-refractivity contribution < 1.29 is 4.79 Å². The summed E-state index contributed by atoms with van der Waals surface area (Å²) >= 11 is 6.00. The first-order chi connectivity index (χ1) is 13.7. The molecule has 156 valence electrons. The van der Waals surface area contributed by atoms with Crippen LogP contribution in [0.2, 0.25) is 5.02 Å². The maximum atomic E-state index is 12.1. The van der Waals surface area contributed by atoms with Gasteiger partial charge in [-0.2, -0.15) is 0 Å². The first-order valence-corrected chi connectivity index (χ1v) is 10.1. The number of hydrogen-bond acceptors (Lipinski definition) is 2. The third-order valence-electron chi connectivity index (χ3n) is 4.83. The van der Waals surface area contributed by atoms with Gasteiger partial charge in [0, 0.05) is 50.2 Å². The summed E-state index contributed by atoms with van der Waals surface area (Å²) in [6, 6.07) is 15.7. The molecule has 0 heterocycles. The van der Waals surface area contributed by atoms with Gasteiger partial charge in [-0.1, -0.05) is 49.7 Å². The number of nitrogens with one attached hydrogen (secondary N) is 2. The summed E-state index contributed by atoms with van der Waals surface area (Å²) < 4.78 is 0. The van der Waals surface area contributed by atoms with Gasteiger partial charge in [0.1, 0.15) is 0 Å². The molecule has 0 spiro atoms. The van der Waals surface area contributed by atoms with Crippen LogP contribution in [0.1, 0.15) is 35.3 Å². The standard InChI is InChI=1S/C23H31ClN4O/c1-23(2,19-9-11-20(24)12-10-19)16-27-22(25-3)26-14-13-17-7-6-8-18(15-17)21(29)28(4)5/h6-12,15H,13-14,16H2,1-5H3,(H2,25,26,27). The Labute approximate surface area is 179 Å². The maximum Gasteiger partial charge on any atom is 0.253 e. The molecule has 0 aromatic heterocycles. The van der Waals surface area contributed by atoms with E-state index < -0.39 is 0 Å². The highest BCUT2D eigenvalue weighted by atomic mass is 35.5. The third-order valence-corrected chi connectivity index (χ3v) is 5.09. The number of nitrogens with zero attached hydrogens (tertiary/aromatic N) is 2. The predicted molar refractivity (Wildman–Crippen MR) is 122 cm³/mol. The molecule has 0 unspecified atom stereocenters. The summed E-state index contributed by atoms with van der Waals surface area (Å²) in [5.41, 5.74) is 2.97. The van der Waals surface area contributed by atoms with Crippen LogP contribution < -0.4 is 10.6 Å². The highest BCUT2D eigenvalue weighted by molar-refractivity contribution is 6.30. The summed E-state index contributed by atoms with van der Waals surface area (Å²) in [5.74, 6) is 0.772. The molecule has 0 atom stereocenters. The Balaban J connectivity index is 1.87. The van der Waals surface area contributed by atoms with Crippen molar-refractivity contribution in [2.75, 3.05) is 34.2 Å². The molecular weight excluding hydrogens is 384 g/mol. The van der Waals surface area contributed by atoms with Crippen molar-refractivity contribution in [3.63, 3.8) is 0 Å². The molecular formula is C23H31ClN4O. The van der Waals surface area contributed by atoms with Gasteiger partial charge in [0.25, 0.3) is 5.91 Å². The van der Waals surface area contributed by atoms with E-state index in [2.05, 4.69) is 41.6 Å². The number of carbonyl (C=O) groups excluding carboxylic acids is 1. The van der Waals surface area contributed by atoms with Crippen molar-refractivity contribution in [2.24, 2.45) is 4.99 Å². The Morgan fingerprint density at radius 3 is 2.41 bits per heavy atom. The zero-order valence-corrected chi connectivity index (χ0v) is 18.7. The molecule has 0 aliphatic heterocycles. The molecule has 5 nitrogen and oxygen atoms in total. The van der Waals surface area contributed by atoms with Crippen molar-refractivity contribution in [3.8, 4) is 0 Å². The summed E-state index contributed by atoms with van der Waals surface area (Å²) in [4.78, 5) is 18.0. The van der Waals surface area contributed by atoms with Crippen LogP contribution in [0.3, 0.4) is 0 Å². The molecule has 6 heteroatoms. The second-order valence-electron chi connectivity index (χ2n) is 7.89. The lowest BCUT2D eigenvalue weighted by molar-refractivity contribution is 0.0827. The van der Waals surface area contributed by atoms with Crippen LogP contribution in [-0.2, 0) is 11.8 Å². The van der Waals surface area contributed by atoms with Crippen LogP contribution in [0.25, 0.3) is 0 Å². The number of rotatable bonds is 7. The quantitative estimate of drug-likeness (QED) is 0.536. The van der Waals surface area contributed by atoms with Gasteiger partial charge in [-0.3, -0.25) is 9.79 Å². The van der Waals surface area contributed by atoms with E-state index in [1.165, 1.54) is 5.56 Å². The van der Waals surface area contributed by atoms with E-state index in [0.29, 0.717) is 5.56 Å². The topological polar surface area (TPSA) is 56.7 Å². The van der Waals surface area contributed by atoms with Crippen molar-refractivity contribution in [1.29, 1.82) is 0 Å². The lowest BCUT2D eigenvalue weighted by atomic mass is 9.85. The number of aliphatic imine (C=N–C) groups is 1. The molecule has 2 rings (SSSR count). The molecule has 2 aromatic carbocycles. The third kappa shape index (κ3) is 6.79. The van der Waals surface area contributed by atoms with Gasteiger partial charge in [0.05, 0.1) is 0 Å². The highest BCUT2D eigenvalue weighted by Crippen LogP contribution is 2.23. The van der Waals surface area contributed by atoms with Gasteiger partial charge in [0.15, 0.2) is 5.96 Å². The molecule has 0 fully saturated rings. The Kier molecular flexibility index (Phi) is 8.09. The fourth-order valence-electron chi connectivity index (χ4n) is 2.97. The number of guanidine groups is 1. The van der Waals surface area contributed by atoms with E-state index in [1.807, 2.05) is 36.4 Å². The minimum absolute atomic E-state index is 0.0155. The van der Waals surface area contributed by atoms with Crippen LogP contribution in [0.15, 0.2) is 53.5 Å². The number of halogens is 1. The second kappa shape index (κ2) is 10.3. The lowest BCUT2D eigenvalue weighted by Gasteiger charge is -2.27. The Morgan fingerprint density at radius 2 is 1.79 bits per heavy atom. The highest BCUT2D eigenvalue weighted by Gasteiger charge is 2.20. The summed E-state index contributed by atoms with van der Waals surface area (Å²) in [5, 5.41) is 7.49. The molecule has 2 aromatic rings. The molecule has 0 aliphatic rings. The van der Waals surface area contributed by atoms with Gasteiger partial charge in [-0.05, 0) is 41.8 Å². The van der Waals surface area contributed by atoms with E-state index in [0.717, 1.165) is 36.1 Å². The van der Waals surface area contributed by atoms with Crippen molar-refractivity contribution >= 4 is 23.5 Å². The number of amides is 1. The zero-order chi connectivity index (χ0) is 21.4. The SMILES string of the molecule is CN=C(NCCc1cccc(C(=O)N(C)C)c1)NCC(C)(C)c1ccc(Cl)cc1. The fraction of sp³-hybridized carbons (Fsp3) is 0.391. The van der Waals surface area contributed by atoms with E-state index in [9.17, 15) is 4.79 Å². The molecule has 0 saturated carbocycles. The van der Waals surface area contributed by atoms with E-state index in [4.69, 9.17) is 11.6 Å². The zero-order valence-electron chi connectivity index (χ0n) is 17.9. The average molecular weight is 415 g/mol. The van der Waals surface area contributed by atoms with Gasteiger partial charge in [0.2, 0.25) is 0 Å². The van der Waals surface area contributed by atoms with Crippen LogP contribution in [0.5, 0.6) is 0 Å². The van der Waals surface area contributed by atoms with Gasteiger partial charge in [-0.15, -0.1) is 0 Å². The van der Waals surface area contributed by atoms with Crippen LogP contribution in [0.4, 0.5) is 0 Å². The minimum Gasteiger partial charge on any atom is -0.356 e. The van der Waals surface area contributed by atoms with Crippen molar-refractivity contribution in [1.82, 2.24) is 15.5 Å². The minimum atomic E-state index is -0.0664. The van der Waals surface area contributed by atoms with Gasteiger partial charge < -0.3 is 15.5 Å². The van der Waals surface area contributed by atoms with Crippen LogP contribution >= 0.6 is 11.6 Å². The number of hydrogen-bond donors (Lipinski definition) is 2. The normalized spacial score (nSPS) is 11.9. The lowest BCUT2D eigenvalue weighted by Crippen LogP contribution is -2.44. The summed E-state index contributed by atoms with van der Waals surface area (Å²) in [6.07, 6.45) is 0.801. The monoisotopic (exact) mass is 414 g/mol. The number of carbonyl (C=O) groups is 1. The number of benzene rings is 2. The molecule has 1 amide bonds. The molecule has 29 heavy (non-hydrogen) atoms. The first kappa shape index (κ1) is 22.8. The van der Waals surface area contributed by atoms with E-state index in [-0.39, 0.29) is 11.3 Å².